The van der Waals surface area contributed by atoms with Crippen LogP contribution in [0.25, 0.3) is 0 Å². The topological polar surface area (TPSA) is 83.5 Å². The third-order valence-corrected chi connectivity index (χ3v) is 4.21. The molecule has 0 aliphatic heterocycles. The number of aliphatic carboxylic acids is 1. The van der Waals surface area contributed by atoms with Gasteiger partial charge in [-0.1, -0.05) is 12.8 Å². The highest BCUT2D eigenvalue weighted by Crippen LogP contribution is 2.10. The Morgan fingerprint density at radius 3 is 2.30 bits per heavy atom. The van der Waals surface area contributed by atoms with Crippen molar-refractivity contribution in [3.63, 3.8) is 0 Å². The van der Waals surface area contributed by atoms with E-state index in [9.17, 15) is 17.6 Å². The summed E-state index contributed by atoms with van der Waals surface area (Å²) >= 11 is 0. The molecule has 0 radical (unpaired) electrons. The molecule has 1 aromatic rings. The van der Waals surface area contributed by atoms with Crippen LogP contribution >= 0.6 is 0 Å². The number of sulfonamides is 1. The van der Waals surface area contributed by atoms with Crippen molar-refractivity contribution in [2.75, 3.05) is 6.54 Å². The third kappa shape index (κ3) is 6.12. The molecule has 112 valence electrons. The standard InChI is InChI=1S/C13H18FNO4S/c14-11-6-8-12(9-7-11)20(18,19)15-10-4-2-1-3-5-13(16)17/h6-9,15H,1-5,10H2,(H,16,17). The Balaban J connectivity index is 2.27. The Morgan fingerprint density at radius 2 is 1.70 bits per heavy atom. The molecule has 2 N–H and O–H groups in total. The molecular formula is C13H18FNO4S. The minimum atomic E-state index is -3.59. The van der Waals surface area contributed by atoms with E-state index in [0.717, 1.165) is 25.0 Å². The van der Waals surface area contributed by atoms with Crippen LogP contribution < -0.4 is 4.72 Å². The van der Waals surface area contributed by atoms with Crippen molar-refractivity contribution in [3.8, 4) is 0 Å². The Morgan fingerprint density at radius 1 is 1.10 bits per heavy atom. The van der Waals surface area contributed by atoms with Crippen LogP contribution in [0.5, 0.6) is 0 Å². The third-order valence-electron chi connectivity index (χ3n) is 2.73. The highest BCUT2D eigenvalue weighted by Gasteiger charge is 2.12. The number of carboxylic acids is 1. The van der Waals surface area contributed by atoms with Crippen molar-refractivity contribution in [2.24, 2.45) is 0 Å². The molecule has 7 heteroatoms. The van der Waals surface area contributed by atoms with Crippen molar-refractivity contribution in [1.29, 1.82) is 0 Å². The SMILES string of the molecule is O=C(O)CCCCCCNS(=O)(=O)c1ccc(F)cc1. The molecule has 0 unspecified atom stereocenters. The first-order valence-corrected chi connectivity index (χ1v) is 7.87. The van der Waals surface area contributed by atoms with Gasteiger partial charge in [0.2, 0.25) is 10.0 Å². The molecule has 0 aromatic heterocycles. The number of rotatable bonds is 9. The zero-order valence-corrected chi connectivity index (χ0v) is 11.8. The van der Waals surface area contributed by atoms with Crippen molar-refractivity contribution in [2.45, 2.75) is 37.0 Å². The molecule has 0 aliphatic rings. The van der Waals surface area contributed by atoms with E-state index in [1.807, 2.05) is 0 Å². The van der Waals surface area contributed by atoms with E-state index in [1.54, 1.807) is 0 Å². The predicted octanol–water partition coefficient (Wildman–Crippen LogP) is 2.14. The molecule has 0 saturated carbocycles. The van der Waals surface area contributed by atoms with Gasteiger partial charge in [0, 0.05) is 13.0 Å². The molecule has 0 amide bonds. The lowest BCUT2D eigenvalue weighted by molar-refractivity contribution is -0.137. The van der Waals surface area contributed by atoms with Crippen molar-refractivity contribution < 1.29 is 22.7 Å². The molecule has 0 fully saturated rings. The van der Waals surface area contributed by atoms with Crippen LogP contribution in [-0.2, 0) is 14.8 Å². The summed E-state index contributed by atoms with van der Waals surface area (Å²) in [6.07, 6.45) is 2.89. The quantitative estimate of drug-likeness (QED) is 0.685. The summed E-state index contributed by atoms with van der Waals surface area (Å²) in [5.41, 5.74) is 0. The first kappa shape index (κ1) is 16.6. The number of hydrogen-bond donors (Lipinski definition) is 2. The molecule has 0 spiro atoms. The fourth-order valence-electron chi connectivity index (χ4n) is 1.66. The van der Waals surface area contributed by atoms with Gasteiger partial charge < -0.3 is 5.11 Å². The van der Waals surface area contributed by atoms with E-state index in [2.05, 4.69) is 4.72 Å². The lowest BCUT2D eigenvalue weighted by atomic mass is 10.1. The normalized spacial score (nSPS) is 11.4. The van der Waals surface area contributed by atoms with Gasteiger partial charge in [-0.05, 0) is 37.1 Å². The first-order chi connectivity index (χ1) is 9.42. The highest BCUT2D eigenvalue weighted by atomic mass is 32.2. The lowest BCUT2D eigenvalue weighted by Crippen LogP contribution is -2.24. The monoisotopic (exact) mass is 303 g/mol. The summed E-state index contributed by atoms with van der Waals surface area (Å²) in [5, 5.41) is 8.45. The fraction of sp³-hybridized carbons (Fsp3) is 0.462. The molecule has 1 rings (SSSR count). The first-order valence-electron chi connectivity index (χ1n) is 6.39. The number of carboxylic acid groups (broad SMARTS) is 1. The Hall–Kier alpha value is -1.47. The smallest absolute Gasteiger partial charge is 0.303 e. The summed E-state index contributed by atoms with van der Waals surface area (Å²) in [4.78, 5) is 10.3. The summed E-state index contributed by atoms with van der Waals surface area (Å²) in [7, 11) is -3.59. The Bertz CT molecular complexity index is 528. The fourth-order valence-corrected chi connectivity index (χ4v) is 2.73. The maximum Gasteiger partial charge on any atom is 0.303 e. The van der Waals surface area contributed by atoms with Crippen molar-refractivity contribution >= 4 is 16.0 Å². The maximum absolute atomic E-state index is 12.7. The molecule has 1 aromatic carbocycles. The van der Waals surface area contributed by atoms with Crippen LogP contribution in [0.15, 0.2) is 29.2 Å². The van der Waals surface area contributed by atoms with Crippen molar-refractivity contribution in [3.05, 3.63) is 30.1 Å². The average molecular weight is 303 g/mol. The number of hydrogen-bond acceptors (Lipinski definition) is 3. The lowest BCUT2D eigenvalue weighted by Gasteiger charge is -2.06. The zero-order valence-electron chi connectivity index (χ0n) is 11.0. The number of benzene rings is 1. The molecule has 0 bridgehead atoms. The summed E-state index contributed by atoms with van der Waals surface area (Å²) < 4.78 is 38.7. The van der Waals surface area contributed by atoms with Crippen LogP contribution in [-0.4, -0.2) is 26.0 Å². The van der Waals surface area contributed by atoms with Gasteiger partial charge in [0.05, 0.1) is 4.90 Å². The van der Waals surface area contributed by atoms with Crippen LogP contribution in [0.2, 0.25) is 0 Å². The number of nitrogens with one attached hydrogen (secondary N) is 1. The molecule has 20 heavy (non-hydrogen) atoms. The number of carbonyl (C=O) groups is 1. The van der Waals surface area contributed by atoms with Gasteiger partial charge in [-0.3, -0.25) is 4.79 Å². The van der Waals surface area contributed by atoms with Gasteiger partial charge in [-0.2, -0.15) is 0 Å². The maximum atomic E-state index is 12.7. The average Bonchev–Trinajstić information content (AvgIpc) is 2.37. The van der Waals surface area contributed by atoms with E-state index in [4.69, 9.17) is 5.11 Å². The van der Waals surface area contributed by atoms with Crippen LogP contribution in [0, 0.1) is 5.82 Å². The highest BCUT2D eigenvalue weighted by molar-refractivity contribution is 7.89. The molecule has 0 atom stereocenters. The summed E-state index contributed by atoms with van der Waals surface area (Å²) in [6.45, 7) is 0.285. The van der Waals surface area contributed by atoms with Crippen LogP contribution in [0.3, 0.4) is 0 Å². The minimum Gasteiger partial charge on any atom is -0.481 e. The van der Waals surface area contributed by atoms with Gasteiger partial charge in [0.1, 0.15) is 5.82 Å². The molecule has 0 saturated heterocycles. The van der Waals surface area contributed by atoms with Gasteiger partial charge in [-0.15, -0.1) is 0 Å². The largest absolute Gasteiger partial charge is 0.481 e. The number of halogens is 1. The summed E-state index contributed by atoms with van der Waals surface area (Å²) in [6, 6.07) is 4.62. The number of unbranched alkanes of at least 4 members (excludes halogenated alkanes) is 3. The van der Waals surface area contributed by atoms with Gasteiger partial charge in [0.15, 0.2) is 0 Å². The predicted molar refractivity (Wildman–Crippen MR) is 72.3 cm³/mol. The van der Waals surface area contributed by atoms with E-state index < -0.39 is 21.8 Å². The second-order valence-corrected chi connectivity index (χ2v) is 6.18. The van der Waals surface area contributed by atoms with Crippen molar-refractivity contribution in [1.82, 2.24) is 4.72 Å². The molecule has 0 aliphatic carbocycles. The second kappa shape index (κ2) is 7.96. The van der Waals surface area contributed by atoms with Crippen LogP contribution in [0.4, 0.5) is 4.39 Å². The van der Waals surface area contributed by atoms with Gasteiger partial charge >= 0.3 is 5.97 Å². The van der Waals surface area contributed by atoms with Gasteiger partial charge in [-0.25, -0.2) is 17.5 Å². The second-order valence-electron chi connectivity index (χ2n) is 4.41. The molecule has 0 heterocycles. The van der Waals surface area contributed by atoms with E-state index in [1.165, 1.54) is 12.1 Å². The molecular weight excluding hydrogens is 285 g/mol. The summed E-state index contributed by atoms with van der Waals surface area (Å²) in [5.74, 6) is -1.30. The van der Waals surface area contributed by atoms with Gasteiger partial charge in [0.25, 0.3) is 0 Å². The Labute approximate surface area is 117 Å². The zero-order chi connectivity index (χ0) is 15.0. The van der Waals surface area contributed by atoms with E-state index >= 15 is 0 Å². The Kier molecular flexibility index (Phi) is 6.60. The van der Waals surface area contributed by atoms with E-state index in [0.29, 0.717) is 12.8 Å². The van der Waals surface area contributed by atoms with Crippen LogP contribution in [0.1, 0.15) is 32.1 Å². The minimum absolute atomic E-state index is 0.0322. The molecule has 5 nitrogen and oxygen atoms in total. The van der Waals surface area contributed by atoms with E-state index in [-0.39, 0.29) is 17.9 Å².